The summed E-state index contributed by atoms with van der Waals surface area (Å²) in [7, 11) is 0. The van der Waals surface area contributed by atoms with Crippen molar-refractivity contribution in [2.75, 3.05) is 13.1 Å². The fourth-order valence-electron chi connectivity index (χ4n) is 4.57. The largest absolute Gasteiger partial charge is 0.443 e. The minimum absolute atomic E-state index is 0.0931. The van der Waals surface area contributed by atoms with Gasteiger partial charge in [0.05, 0.1) is 6.61 Å². The number of pyridine rings is 2. The Kier molecular flexibility index (Phi) is 10.3. The molecule has 0 spiro atoms. The predicted molar refractivity (Wildman–Crippen MR) is 174 cm³/mol. The van der Waals surface area contributed by atoms with E-state index < -0.39 is 0 Å². The Morgan fingerprint density at radius 3 is 1.64 bits per heavy atom. The first kappa shape index (κ1) is 30.6. The molecule has 6 aromatic rings. The number of benzene rings is 2. The smallest absolute Gasteiger partial charge is 0.410 e. The Morgan fingerprint density at radius 1 is 0.689 bits per heavy atom. The van der Waals surface area contributed by atoms with Crippen molar-refractivity contribution in [3.05, 3.63) is 143 Å². The zero-order valence-electron chi connectivity index (χ0n) is 25.2. The lowest BCUT2D eigenvalue weighted by Gasteiger charge is -2.17. The number of aliphatic hydroxyl groups is 1. The fraction of sp³-hybridized carbons (Fsp3) is 0.162. The second kappa shape index (κ2) is 15.1. The monoisotopic (exact) mass is 595 g/mol. The number of rotatable bonds is 5. The van der Waals surface area contributed by atoms with E-state index in [2.05, 4.69) is 33.6 Å². The van der Waals surface area contributed by atoms with Gasteiger partial charge in [-0.1, -0.05) is 60.4 Å². The number of carbonyl (C=O) groups is 1. The Morgan fingerprint density at radius 2 is 1.16 bits per heavy atom. The third kappa shape index (κ3) is 7.58. The van der Waals surface area contributed by atoms with Crippen molar-refractivity contribution in [3.8, 4) is 23.7 Å². The standard InChI is InChI=1S/C21H21N3O2.C16H12N2O/c1-3-23(4-2)21(25)26-16-18-19(14-13-17-10-6-5-7-11-17)24-15-9-8-12-20(24)22-18;19-12-14-15(10-9-13-6-2-1-3-7-13)18-11-5-4-8-16(18)17-14/h5-12,15H,3-4,16H2,1-2H3;1-8,11,19H,12H2. The zero-order chi connectivity index (χ0) is 31.4. The molecule has 0 saturated heterocycles. The molecule has 0 aliphatic carbocycles. The summed E-state index contributed by atoms with van der Waals surface area (Å²) >= 11 is 0. The molecule has 6 rings (SSSR count). The number of fused-ring (bicyclic) bond motifs is 2. The van der Waals surface area contributed by atoms with Gasteiger partial charge in [-0.3, -0.25) is 8.80 Å². The van der Waals surface area contributed by atoms with Crippen LogP contribution >= 0.6 is 0 Å². The van der Waals surface area contributed by atoms with Crippen LogP contribution in [-0.4, -0.2) is 48.0 Å². The minimum atomic E-state index is -0.339. The van der Waals surface area contributed by atoms with Crippen molar-refractivity contribution in [3.63, 3.8) is 0 Å². The van der Waals surface area contributed by atoms with Crippen molar-refractivity contribution in [2.45, 2.75) is 27.1 Å². The van der Waals surface area contributed by atoms with Crippen LogP contribution in [0.25, 0.3) is 11.3 Å². The molecule has 4 aromatic heterocycles. The van der Waals surface area contributed by atoms with Crippen molar-refractivity contribution < 1.29 is 14.6 Å². The van der Waals surface area contributed by atoms with Crippen LogP contribution in [0, 0.1) is 23.7 Å². The Hall–Kier alpha value is -5.83. The molecule has 2 aromatic carbocycles. The van der Waals surface area contributed by atoms with Gasteiger partial charge in [-0.15, -0.1) is 0 Å². The van der Waals surface area contributed by atoms with E-state index in [1.807, 2.05) is 132 Å². The van der Waals surface area contributed by atoms with Crippen LogP contribution in [0.5, 0.6) is 0 Å². The number of aromatic nitrogens is 4. The van der Waals surface area contributed by atoms with Gasteiger partial charge in [-0.05, 0) is 74.2 Å². The van der Waals surface area contributed by atoms with Crippen LogP contribution in [0.2, 0.25) is 0 Å². The van der Waals surface area contributed by atoms with Crippen LogP contribution in [0.15, 0.2) is 109 Å². The van der Waals surface area contributed by atoms with Gasteiger partial charge >= 0.3 is 6.09 Å². The van der Waals surface area contributed by atoms with Gasteiger partial charge < -0.3 is 14.7 Å². The van der Waals surface area contributed by atoms with Crippen molar-refractivity contribution in [1.82, 2.24) is 23.7 Å². The second-order valence-electron chi connectivity index (χ2n) is 9.79. The summed E-state index contributed by atoms with van der Waals surface area (Å²) in [6.45, 7) is 5.05. The van der Waals surface area contributed by atoms with Gasteiger partial charge in [0.15, 0.2) is 0 Å². The van der Waals surface area contributed by atoms with E-state index in [-0.39, 0.29) is 19.3 Å². The first-order valence-electron chi connectivity index (χ1n) is 14.7. The molecule has 1 N–H and O–H groups in total. The number of carbonyl (C=O) groups excluding carboxylic acids is 1. The summed E-state index contributed by atoms with van der Waals surface area (Å²) in [6.07, 6.45) is 3.47. The van der Waals surface area contributed by atoms with E-state index in [4.69, 9.17) is 4.74 Å². The average Bonchev–Trinajstić information content (AvgIpc) is 3.64. The highest BCUT2D eigenvalue weighted by molar-refractivity contribution is 5.67. The molecule has 0 atom stereocenters. The maximum atomic E-state index is 12.1. The normalized spacial score (nSPS) is 10.2. The molecule has 0 radical (unpaired) electrons. The fourth-order valence-corrected chi connectivity index (χ4v) is 4.57. The molecule has 45 heavy (non-hydrogen) atoms. The summed E-state index contributed by atoms with van der Waals surface area (Å²) < 4.78 is 9.24. The molecule has 0 aliphatic rings. The average molecular weight is 596 g/mol. The Balaban J connectivity index is 0.000000186. The van der Waals surface area contributed by atoms with Crippen LogP contribution in [0.3, 0.4) is 0 Å². The van der Waals surface area contributed by atoms with E-state index in [0.29, 0.717) is 24.5 Å². The van der Waals surface area contributed by atoms with Crippen molar-refractivity contribution in [1.29, 1.82) is 0 Å². The number of nitrogens with zero attached hydrogens (tertiary/aromatic N) is 5. The van der Waals surface area contributed by atoms with E-state index in [9.17, 15) is 9.90 Å². The van der Waals surface area contributed by atoms with Gasteiger partial charge in [0.2, 0.25) is 0 Å². The number of ether oxygens (including phenoxy) is 1. The van der Waals surface area contributed by atoms with E-state index in [1.54, 1.807) is 4.90 Å². The lowest BCUT2D eigenvalue weighted by atomic mass is 10.2. The maximum Gasteiger partial charge on any atom is 0.410 e. The van der Waals surface area contributed by atoms with Crippen molar-refractivity contribution in [2.24, 2.45) is 0 Å². The molecule has 0 bridgehead atoms. The van der Waals surface area contributed by atoms with Crippen molar-refractivity contribution >= 4 is 17.4 Å². The highest BCUT2D eigenvalue weighted by atomic mass is 16.6. The number of hydrogen-bond donors (Lipinski definition) is 1. The summed E-state index contributed by atoms with van der Waals surface area (Å²) in [5, 5.41) is 9.37. The molecule has 0 aliphatic heterocycles. The molecule has 224 valence electrons. The first-order chi connectivity index (χ1) is 22.1. The van der Waals surface area contributed by atoms with Gasteiger partial charge in [0.1, 0.15) is 40.7 Å². The summed E-state index contributed by atoms with van der Waals surface area (Å²) in [4.78, 5) is 22.7. The summed E-state index contributed by atoms with van der Waals surface area (Å²) in [5.41, 5.74) is 6.16. The number of aliphatic hydroxyl groups excluding tert-OH is 1. The molecule has 4 heterocycles. The summed E-state index contributed by atoms with van der Waals surface area (Å²) in [6, 6.07) is 31.0. The van der Waals surface area contributed by atoms with E-state index >= 15 is 0 Å². The SMILES string of the molecule is CCN(CC)C(=O)OCc1nc2ccccn2c1C#Cc1ccccc1.OCc1nc2ccccn2c1C#Cc1ccccc1. The summed E-state index contributed by atoms with van der Waals surface area (Å²) in [5.74, 6) is 12.5. The van der Waals surface area contributed by atoms with Crippen LogP contribution in [0.1, 0.15) is 47.8 Å². The van der Waals surface area contributed by atoms with Gasteiger partial charge in [-0.2, -0.15) is 0 Å². The van der Waals surface area contributed by atoms with Crippen LogP contribution in [-0.2, 0) is 18.0 Å². The molecule has 8 nitrogen and oxygen atoms in total. The molecule has 1 amide bonds. The topological polar surface area (TPSA) is 84.4 Å². The predicted octanol–water partition coefficient (Wildman–Crippen LogP) is 5.94. The molecule has 8 heteroatoms. The Labute approximate surface area is 262 Å². The van der Waals surface area contributed by atoms with Crippen LogP contribution < -0.4 is 0 Å². The number of amides is 1. The third-order valence-corrected chi connectivity index (χ3v) is 6.91. The third-order valence-electron chi connectivity index (χ3n) is 6.91. The first-order valence-corrected chi connectivity index (χ1v) is 14.7. The highest BCUT2D eigenvalue weighted by Gasteiger charge is 2.15. The zero-order valence-corrected chi connectivity index (χ0v) is 25.2. The number of hydrogen-bond acceptors (Lipinski definition) is 5. The molecule has 0 fully saturated rings. The quantitative estimate of drug-likeness (QED) is 0.250. The molecular formula is C37H33N5O3. The maximum absolute atomic E-state index is 12.1. The van der Waals surface area contributed by atoms with E-state index in [0.717, 1.165) is 33.8 Å². The lowest BCUT2D eigenvalue weighted by Crippen LogP contribution is -2.31. The molecule has 0 unspecified atom stereocenters. The van der Waals surface area contributed by atoms with Crippen LogP contribution in [0.4, 0.5) is 4.79 Å². The van der Waals surface area contributed by atoms with Gasteiger partial charge in [-0.25, -0.2) is 14.8 Å². The Bertz CT molecular complexity index is 2000. The van der Waals surface area contributed by atoms with E-state index in [1.165, 1.54) is 0 Å². The lowest BCUT2D eigenvalue weighted by molar-refractivity contribution is 0.0988. The van der Waals surface area contributed by atoms with Gasteiger partial charge in [0, 0.05) is 36.6 Å². The molecule has 0 saturated carbocycles. The highest BCUT2D eigenvalue weighted by Crippen LogP contribution is 2.14. The molecular weight excluding hydrogens is 562 g/mol. The second-order valence-corrected chi connectivity index (χ2v) is 9.79. The number of imidazole rings is 2. The van der Waals surface area contributed by atoms with Gasteiger partial charge in [0.25, 0.3) is 0 Å². The minimum Gasteiger partial charge on any atom is -0.443 e.